The zero-order valence-electron chi connectivity index (χ0n) is 9.12. The highest BCUT2D eigenvalue weighted by Gasteiger charge is 2.13. The first-order valence-electron chi connectivity index (χ1n) is 4.89. The van der Waals surface area contributed by atoms with Crippen molar-refractivity contribution >= 4 is 11.3 Å². The standard InChI is InChI=1S/C11H19NOS/c1-11(2,3)13-8-9(12)7-10-5-4-6-14-10/h4-6,9H,7-8,12H2,1-3H3. The van der Waals surface area contributed by atoms with E-state index in [-0.39, 0.29) is 11.6 Å². The summed E-state index contributed by atoms with van der Waals surface area (Å²) in [6, 6.07) is 4.27. The number of ether oxygens (including phenoxy) is 1. The van der Waals surface area contributed by atoms with Crippen LogP contribution in [0.5, 0.6) is 0 Å². The van der Waals surface area contributed by atoms with E-state index in [9.17, 15) is 0 Å². The average Bonchev–Trinajstić information content (AvgIpc) is 2.52. The Labute approximate surface area is 90.1 Å². The molecule has 0 saturated carbocycles. The van der Waals surface area contributed by atoms with Crippen LogP contribution in [-0.4, -0.2) is 18.2 Å². The molecule has 0 spiro atoms. The van der Waals surface area contributed by atoms with Crippen LogP contribution in [0.1, 0.15) is 25.6 Å². The van der Waals surface area contributed by atoms with Crippen LogP contribution in [0.2, 0.25) is 0 Å². The Morgan fingerprint density at radius 2 is 2.21 bits per heavy atom. The molecule has 0 bridgehead atoms. The molecule has 1 aromatic heterocycles. The van der Waals surface area contributed by atoms with Gasteiger partial charge in [-0.3, -0.25) is 0 Å². The van der Waals surface area contributed by atoms with Crippen LogP contribution in [0.3, 0.4) is 0 Å². The van der Waals surface area contributed by atoms with Crippen molar-refractivity contribution < 1.29 is 4.74 Å². The Hall–Kier alpha value is -0.380. The van der Waals surface area contributed by atoms with Gasteiger partial charge in [0.25, 0.3) is 0 Å². The van der Waals surface area contributed by atoms with E-state index in [4.69, 9.17) is 10.5 Å². The summed E-state index contributed by atoms with van der Waals surface area (Å²) in [5.74, 6) is 0. The summed E-state index contributed by atoms with van der Waals surface area (Å²) in [7, 11) is 0. The molecule has 0 aliphatic rings. The second kappa shape index (κ2) is 4.91. The van der Waals surface area contributed by atoms with Gasteiger partial charge in [-0.2, -0.15) is 0 Å². The summed E-state index contributed by atoms with van der Waals surface area (Å²) in [6.45, 7) is 6.77. The molecule has 0 amide bonds. The molecule has 1 rings (SSSR count). The molecule has 80 valence electrons. The van der Waals surface area contributed by atoms with E-state index in [1.807, 2.05) is 20.8 Å². The van der Waals surface area contributed by atoms with Gasteiger partial charge in [0.05, 0.1) is 12.2 Å². The fourth-order valence-electron chi connectivity index (χ4n) is 1.10. The van der Waals surface area contributed by atoms with Gasteiger partial charge in [0.1, 0.15) is 0 Å². The Morgan fingerprint density at radius 3 is 2.71 bits per heavy atom. The Bertz CT molecular complexity index is 251. The molecule has 1 unspecified atom stereocenters. The van der Waals surface area contributed by atoms with Gasteiger partial charge in [0, 0.05) is 10.9 Å². The summed E-state index contributed by atoms with van der Waals surface area (Å²) < 4.78 is 5.62. The minimum Gasteiger partial charge on any atom is -0.374 e. The Morgan fingerprint density at radius 1 is 1.50 bits per heavy atom. The normalized spacial score (nSPS) is 14.3. The van der Waals surface area contributed by atoms with Gasteiger partial charge in [-0.1, -0.05) is 6.07 Å². The first kappa shape index (κ1) is 11.7. The van der Waals surface area contributed by atoms with Crippen LogP contribution in [0, 0.1) is 0 Å². The lowest BCUT2D eigenvalue weighted by Gasteiger charge is -2.22. The lowest BCUT2D eigenvalue weighted by atomic mass is 10.1. The quantitative estimate of drug-likeness (QED) is 0.833. The maximum Gasteiger partial charge on any atom is 0.0628 e. The zero-order chi connectivity index (χ0) is 10.6. The van der Waals surface area contributed by atoms with Crippen LogP contribution in [-0.2, 0) is 11.2 Å². The summed E-state index contributed by atoms with van der Waals surface area (Å²) >= 11 is 1.75. The smallest absolute Gasteiger partial charge is 0.0628 e. The van der Waals surface area contributed by atoms with Crippen LogP contribution >= 0.6 is 11.3 Å². The number of rotatable bonds is 4. The second-order valence-electron chi connectivity index (χ2n) is 4.47. The fraction of sp³-hybridized carbons (Fsp3) is 0.636. The van der Waals surface area contributed by atoms with Gasteiger partial charge in [-0.15, -0.1) is 11.3 Å². The van der Waals surface area contributed by atoms with E-state index in [0.29, 0.717) is 6.61 Å². The highest BCUT2D eigenvalue weighted by Crippen LogP contribution is 2.12. The first-order chi connectivity index (χ1) is 6.47. The molecular formula is C11H19NOS. The fourth-order valence-corrected chi connectivity index (χ4v) is 1.90. The summed E-state index contributed by atoms with van der Waals surface area (Å²) in [5.41, 5.74) is 5.86. The Balaban J connectivity index is 2.26. The predicted molar refractivity (Wildman–Crippen MR) is 61.7 cm³/mol. The molecule has 2 N–H and O–H groups in total. The third kappa shape index (κ3) is 4.74. The van der Waals surface area contributed by atoms with Crippen LogP contribution in [0.25, 0.3) is 0 Å². The van der Waals surface area contributed by atoms with Gasteiger partial charge < -0.3 is 10.5 Å². The summed E-state index contributed by atoms with van der Waals surface area (Å²) in [4.78, 5) is 1.33. The monoisotopic (exact) mass is 213 g/mol. The highest BCUT2D eigenvalue weighted by molar-refractivity contribution is 7.09. The SMILES string of the molecule is CC(C)(C)OCC(N)Cc1cccs1. The summed E-state index contributed by atoms with van der Waals surface area (Å²) in [5, 5.41) is 2.08. The maximum absolute atomic E-state index is 5.95. The van der Waals surface area contributed by atoms with Crippen molar-refractivity contribution in [3.8, 4) is 0 Å². The van der Waals surface area contributed by atoms with E-state index >= 15 is 0 Å². The molecule has 1 atom stereocenters. The van der Waals surface area contributed by atoms with Gasteiger partial charge >= 0.3 is 0 Å². The van der Waals surface area contributed by atoms with Crippen LogP contribution < -0.4 is 5.73 Å². The lowest BCUT2D eigenvalue weighted by molar-refractivity contribution is -0.00975. The molecule has 1 aromatic rings. The maximum atomic E-state index is 5.95. The van der Waals surface area contributed by atoms with E-state index in [2.05, 4.69) is 17.5 Å². The molecule has 14 heavy (non-hydrogen) atoms. The largest absolute Gasteiger partial charge is 0.374 e. The van der Waals surface area contributed by atoms with Crippen LogP contribution in [0.4, 0.5) is 0 Å². The second-order valence-corrected chi connectivity index (χ2v) is 5.50. The molecule has 2 nitrogen and oxygen atoms in total. The third-order valence-electron chi connectivity index (χ3n) is 1.77. The molecule has 0 aliphatic carbocycles. The van der Waals surface area contributed by atoms with Crippen molar-refractivity contribution in [1.29, 1.82) is 0 Å². The zero-order valence-corrected chi connectivity index (χ0v) is 9.93. The van der Waals surface area contributed by atoms with Gasteiger partial charge in [0.2, 0.25) is 0 Å². The molecule has 3 heteroatoms. The summed E-state index contributed by atoms with van der Waals surface area (Å²) in [6.07, 6.45) is 0.910. The first-order valence-corrected chi connectivity index (χ1v) is 5.77. The molecule has 0 saturated heterocycles. The van der Waals surface area contributed by atoms with E-state index in [1.165, 1.54) is 4.88 Å². The molecule has 0 fully saturated rings. The third-order valence-corrected chi connectivity index (χ3v) is 2.67. The topological polar surface area (TPSA) is 35.2 Å². The van der Waals surface area contributed by atoms with E-state index in [1.54, 1.807) is 11.3 Å². The molecule has 0 radical (unpaired) electrons. The number of nitrogens with two attached hydrogens (primary N) is 1. The molecule has 0 aromatic carbocycles. The van der Waals surface area contributed by atoms with Crippen molar-refractivity contribution in [2.24, 2.45) is 5.73 Å². The van der Waals surface area contributed by atoms with Gasteiger partial charge in [-0.25, -0.2) is 0 Å². The van der Waals surface area contributed by atoms with Crippen molar-refractivity contribution in [1.82, 2.24) is 0 Å². The highest BCUT2D eigenvalue weighted by atomic mass is 32.1. The minimum absolute atomic E-state index is 0.0902. The van der Waals surface area contributed by atoms with Crippen molar-refractivity contribution in [3.63, 3.8) is 0 Å². The number of hydrogen-bond donors (Lipinski definition) is 1. The number of thiophene rings is 1. The van der Waals surface area contributed by atoms with Gasteiger partial charge in [0.15, 0.2) is 0 Å². The molecule has 0 aliphatic heterocycles. The van der Waals surface area contributed by atoms with Crippen molar-refractivity contribution in [2.75, 3.05) is 6.61 Å². The average molecular weight is 213 g/mol. The van der Waals surface area contributed by atoms with E-state index < -0.39 is 0 Å². The Kier molecular flexibility index (Phi) is 4.11. The van der Waals surface area contributed by atoms with Crippen LogP contribution in [0.15, 0.2) is 17.5 Å². The van der Waals surface area contributed by atoms with E-state index in [0.717, 1.165) is 6.42 Å². The van der Waals surface area contributed by atoms with Crippen molar-refractivity contribution in [3.05, 3.63) is 22.4 Å². The molecule has 1 heterocycles. The lowest BCUT2D eigenvalue weighted by Crippen LogP contribution is -2.33. The van der Waals surface area contributed by atoms with Gasteiger partial charge in [-0.05, 0) is 38.6 Å². The number of hydrogen-bond acceptors (Lipinski definition) is 3. The minimum atomic E-state index is -0.0902. The predicted octanol–water partition coefficient (Wildman–Crippen LogP) is 2.43. The molecular weight excluding hydrogens is 194 g/mol. The van der Waals surface area contributed by atoms with Crippen molar-refractivity contribution in [2.45, 2.75) is 38.8 Å².